The van der Waals surface area contributed by atoms with Crippen LogP contribution in [-0.4, -0.2) is 11.7 Å². The van der Waals surface area contributed by atoms with Crippen LogP contribution in [0.25, 0.3) is 0 Å². The molecule has 1 atom stereocenters. The quantitative estimate of drug-likeness (QED) is 0.907. The van der Waals surface area contributed by atoms with Gasteiger partial charge in [0.05, 0.1) is 0 Å². The number of phenols is 1. The Kier molecular flexibility index (Phi) is 4.88. The molecule has 2 aromatic carbocycles. The number of rotatable bonds is 4. The average molecular weight is 292 g/mol. The molecule has 0 saturated carbocycles. The van der Waals surface area contributed by atoms with E-state index in [0.29, 0.717) is 24.1 Å². The minimum atomic E-state index is 0. The predicted molar refractivity (Wildman–Crippen MR) is 81.5 cm³/mol. The number of hydrogen-bond donors (Lipinski definition) is 2. The summed E-state index contributed by atoms with van der Waals surface area (Å²) < 4.78 is 5.68. The first-order chi connectivity index (χ1) is 9.33. The molecular weight excluding hydrogens is 274 g/mol. The lowest BCUT2D eigenvalue weighted by Gasteiger charge is -2.28. The Morgan fingerprint density at radius 2 is 1.90 bits per heavy atom. The fourth-order valence-corrected chi connectivity index (χ4v) is 2.20. The highest BCUT2D eigenvalue weighted by atomic mass is 35.5. The maximum absolute atomic E-state index is 10.0. The zero-order valence-corrected chi connectivity index (χ0v) is 11.9. The minimum absolute atomic E-state index is 0. The molecule has 1 heterocycles. The molecule has 1 fully saturated rings. The Bertz CT molecular complexity index is 556. The lowest BCUT2D eigenvalue weighted by Crippen LogP contribution is -2.34. The van der Waals surface area contributed by atoms with Crippen LogP contribution < -0.4 is 10.1 Å². The number of hydrogen-bond acceptors (Lipinski definition) is 3. The molecular formula is C16H18ClNO2. The molecule has 3 nitrogen and oxygen atoms in total. The molecule has 0 amide bonds. The highest BCUT2D eigenvalue weighted by Gasteiger charge is 2.21. The number of nitrogens with one attached hydrogen (secondary N) is 1. The Labute approximate surface area is 125 Å². The summed E-state index contributed by atoms with van der Waals surface area (Å²) in [5.74, 6) is 1.01. The molecule has 2 N–H and O–H groups in total. The van der Waals surface area contributed by atoms with Crippen molar-refractivity contribution in [2.75, 3.05) is 6.54 Å². The number of halogens is 1. The molecule has 2 aromatic rings. The van der Waals surface area contributed by atoms with Crippen molar-refractivity contribution in [2.45, 2.75) is 19.1 Å². The molecule has 0 spiro atoms. The van der Waals surface area contributed by atoms with Gasteiger partial charge in [-0.05, 0) is 24.6 Å². The van der Waals surface area contributed by atoms with Crippen LogP contribution in [0.1, 0.15) is 23.6 Å². The Balaban J connectivity index is 0.00000147. The maximum atomic E-state index is 10.0. The van der Waals surface area contributed by atoms with Crippen LogP contribution in [0, 0.1) is 0 Å². The fourth-order valence-electron chi connectivity index (χ4n) is 2.20. The molecule has 0 unspecified atom stereocenters. The van der Waals surface area contributed by atoms with E-state index in [-0.39, 0.29) is 12.4 Å². The summed E-state index contributed by atoms with van der Waals surface area (Å²) in [6, 6.07) is 15.8. The van der Waals surface area contributed by atoms with Gasteiger partial charge in [0.2, 0.25) is 0 Å². The average Bonchev–Trinajstić information content (AvgIpc) is 2.38. The molecule has 20 heavy (non-hydrogen) atoms. The third-order valence-electron chi connectivity index (χ3n) is 3.45. The van der Waals surface area contributed by atoms with Crippen LogP contribution in [0.3, 0.4) is 0 Å². The lowest BCUT2D eigenvalue weighted by molar-refractivity contribution is 0.302. The van der Waals surface area contributed by atoms with Crippen molar-refractivity contribution in [2.24, 2.45) is 0 Å². The number of aromatic hydroxyl groups is 1. The van der Waals surface area contributed by atoms with Crippen LogP contribution in [0.5, 0.6) is 11.5 Å². The van der Waals surface area contributed by atoms with Crippen LogP contribution >= 0.6 is 12.4 Å². The van der Waals surface area contributed by atoms with Gasteiger partial charge in [-0.25, -0.2) is 0 Å². The fraction of sp³-hybridized carbons (Fsp3) is 0.250. The lowest BCUT2D eigenvalue weighted by atomic mass is 9.97. The number of ether oxygens (including phenoxy) is 1. The zero-order chi connectivity index (χ0) is 13.1. The first kappa shape index (κ1) is 14.7. The van der Waals surface area contributed by atoms with Gasteiger partial charge in [-0.15, -0.1) is 12.4 Å². The first-order valence-corrected chi connectivity index (χ1v) is 6.56. The van der Waals surface area contributed by atoms with Gasteiger partial charge in [0.1, 0.15) is 18.1 Å². The van der Waals surface area contributed by atoms with E-state index >= 15 is 0 Å². The summed E-state index contributed by atoms with van der Waals surface area (Å²) in [5.41, 5.74) is 2.07. The van der Waals surface area contributed by atoms with Crippen molar-refractivity contribution in [3.8, 4) is 11.5 Å². The Morgan fingerprint density at radius 3 is 2.50 bits per heavy atom. The van der Waals surface area contributed by atoms with Gasteiger partial charge < -0.3 is 15.2 Å². The van der Waals surface area contributed by atoms with Crippen molar-refractivity contribution < 1.29 is 9.84 Å². The van der Waals surface area contributed by atoms with Gasteiger partial charge >= 0.3 is 0 Å². The summed E-state index contributed by atoms with van der Waals surface area (Å²) in [5, 5.41) is 13.3. The van der Waals surface area contributed by atoms with Crippen LogP contribution in [0.4, 0.5) is 0 Å². The standard InChI is InChI=1S/C16H17NO2.ClH/c18-16-10-13(6-7-14(16)15-8-9-17-15)19-11-12-4-2-1-3-5-12;/h1-7,10,15,17-18H,8-9,11H2;1H/t15-;/m0./s1. The largest absolute Gasteiger partial charge is 0.507 e. The summed E-state index contributed by atoms with van der Waals surface area (Å²) in [6.45, 7) is 1.54. The molecule has 0 bridgehead atoms. The second kappa shape index (κ2) is 6.64. The third kappa shape index (κ3) is 3.24. The summed E-state index contributed by atoms with van der Waals surface area (Å²) in [4.78, 5) is 0. The predicted octanol–water partition coefficient (Wildman–Crippen LogP) is 3.43. The van der Waals surface area contributed by atoms with E-state index in [1.165, 1.54) is 0 Å². The van der Waals surface area contributed by atoms with Gasteiger partial charge in [-0.2, -0.15) is 0 Å². The molecule has 3 rings (SSSR count). The van der Waals surface area contributed by atoms with E-state index in [2.05, 4.69) is 5.32 Å². The normalized spacial score (nSPS) is 16.9. The van der Waals surface area contributed by atoms with Gasteiger partial charge in [-0.1, -0.05) is 36.4 Å². The maximum Gasteiger partial charge on any atom is 0.124 e. The molecule has 0 aliphatic carbocycles. The highest BCUT2D eigenvalue weighted by molar-refractivity contribution is 5.85. The molecule has 1 saturated heterocycles. The first-order valence-electron chi connectivity index (χ1n) is 6.56. The van der Waals surface area contributed by atoms with Gasteiger partial charge in [0.15, 0.2) is 0 Å². The van der Waals surface area contributed by atoms with E-state index in [1.54, 1.807) is 6.07 Å². The second-order valence-electron chi connectivity index (χ2n) is 4.79. The van der Waals surface area contributed by atoms with E-state index < -0.39 is 0 Å². The van der Waals surface area contributed by atoms with Gasteiger partial charge in [-0.3, -0.25) is 0 Å². The summed E-state index contributed by atoms with van der Waals surface area (Å²) in [7, 11) is 0. The minimum Gasteiger partial charge on any atom is -0.507 e. The van der Waals surface area contributed by atoms with Gasteiger partial charge in [0.25, 0.3) is 0 Å². The van der Waals surface area contributed by atoms with Crippen molar-refractivity contribution in [1.29, 1.82) is 0 Å². The van der Waals surface area contributed by atoms with Crippen LogP contribution in [-0.2, 0) is 6.61 Å². The topological polar surface area (TPSA) is 41.5 Å². The van der Waals surface area contributed by atoms with Crippen LogP contribution in [0.15, 0.2) is 48.5 Å². The smallest absolute Gasteiger partial charge is 0.124 e. The van der Waals surface area contributed by atoms with Gasteiger partial charge in [0, 0.05) is 17.7 Å². The summed E-state index contributed by atoms with van der Waals surface area (Å²) >= 11 is 0. The Hall–Kier alpha value is -1.71. The van der Waals surface area contributed by atoms with E-state index in [4.69, 9.17) is 4.74 Å². The third-order valence-corrected chi connectivity index (χ3v) is 3.45. The second-order valence-corrected chi connectivity index (χ2v) is 4.79. The molecule has 0 aromatic heterocycles. The number of phenolic OH excluding ortho intramolecular Hbond substituents is 1. The van der Waals surface area contributed by atoms with Crippen molar-refractivity contribution in [3.63, 3.8) is 0 Å². The molecule has 4 heteroatoms. The highest BCUT2D eigenvalue weighted by Crippen LogP contribution is 2.33. The van der Waals surface area contributed by atoms with E-state index in [1.807, 2.05) is 42.5 Å². The SMILES string of the molecule is Cl.Oc1cc(OCc2ccccc2)ccc1[C@@H]1CCN1. The van der Waals surface area contributed by atoms with E-state index in [9.17, 15) is 5.11 Å². The molecule has 0 radical (unpaired) electrons. The van der Waals surface area contributed by atoms with Crippen LogP contribution in [0.2, 0.25) is 0 Å². The monoisotopic (exact) mass is 291 g/mol. The molecule has 1 aliphatic heterocycles. The van der Waals surface area contributed by atoms with E-state index in [0.717, 1.165) is 24.1 Å². The molecule has 106 valence electrons. The van der Waals surface area contributed by atoms with Crippen molar-refractivity contribution in [1.82, 2.24) is 5.32 Å². The number of benzene rings is 2. The Morgan fingerprint density at radius 1 is 1.15 bits per heavy atom. The summed E-state index contributed by atoms with van der Waals surface area (Å²) in [6.07, 6.45) is 1.08. The van der Waals surface area contributed by atoms with Crippen molar-refractivity contribution in [3.05, 3.63) is 59.7 Å². The zero-order valence-electron chi connectivity index (χ0n) is 11.1. The van der Waals surface area contributed by atoms with Crippen molar-refractivity contribution >= 4 is 12.4 Å². The molecule has 1 aliphatic rings.